The molecule has 0 spiro atoms. The van der Waals surface area contributed by atoms with E-state index in [4.69, 9.17) is 5.41 Å². The molecule has 1 aromatic carbocycles. The van der Waals surface area contributed by atoms with Crippen molar-refractivity contribution in [2.45, 2.75) is 12.3 Å². The second kappa shape index (κ2) is 2.69. The molecular weight excluding hydrogens is 182 g/mol. The lowest BCUT2D eigenvalue weighted by Gasteiger charge is -2.28. The lowest BCUT2D eigenvalue weighted by Crippen LogP contribution is -2.28. The maximum absolute atomic E-state index is 8.20. The van der Waals surface area contributed by atoms with Crippen LogP contribution in [0.2, 0.25) is 0 Å². The summed E-state index contributed by atoms with van der Waals surface area (Å²) < 4.78 is 0. The summed E-state index contributed by atoms with van der Waals surface area (Å²) in [6.07, 6.45) is 8.50. The number of fused-ring (bicyclic) bond motifs is 3. The third-order valence-corrected chi connectivity index (χ3v) is 3.61. The quantitative estimate of drug-likeness (QED) is 0.658. The Morgan fingerprint density at radius 3 is 2.87 bits per heavy atom. The van der Waals surface area contributed by atoms with E-state index in [1.807, 2.05) is 12.1 Å². The SMILES string of the molecule is CC12C=CC=CC1C(=N)c1ccccc12. The predicted octanol–water partition coefficient (Wildman–Crippen LogP) is 3.07. The molecule has 0 heterocycles. The van der Waals surface area contributed by atoms with Crippen LogP contribution >= 0.6 is 0 Å². The van der Waals surface area contributed by atoms with Crippen molar-refractivity contribution in [1.82, 2.24) is 0 Å². The summed E-state index contributed by atoms with van der Waals surface area (Å²) in [5, 5.41) is 8.20. The molecule has 3 rings (SSSR count). The van der Waals surface area contributed by atoms with Crippen LogP contribution in [-0.2, 0) is 5.41 Å². The fourth-order valence-corrected chi connectivity index (χ4v) is 2.74. The molecule has 2 aliphatic rings. The van der Waals surface area contributed by atoms with Crippen LogP contribution in [0, 0.1) is 11.3 Å². The van der Waals surface area contributed by atoms with Gasteiger partial charge in [0.25, 0.3) is 0 Å². The highest BCUT2D eigenvalue weighted by Gasteiger charge is 2.44. The van der Waals surface area contributed by atoms with Gasteiger partial charge in [-0.1, -0.05) is 55.5 Å². The van der Waals surface area contributed by atoms with Crippen molar-refractivity contribution < 1.29 is 0 Å². The lowest BCUT2D eigenvalue weighted by atomic mass is 9.74. The molecule has 1 N–H and O–H groups in total. The highest BCUT2D eigenvalue weighted by atomic mass is 14.6. The molecule has 0 bridgehead atoms. The van der Waals surface area contributed by atoms with Gasteiger partial charge in [-0.25, -0.2) is 0 Å². The first kappa shape index (κ1) is 8.66. The average molecular weight is 195 g/mol. The monoisotopic (exact) mass is 195 g/mol. The van der Waals surface area contributed by atoms with Gasteiger partial charge >= 0.3 is 0 Å². The first-order chi connectivity index (χ1) is 7.23. The van der Waals surface area contributed by atoms with Crippen LogP contribution < -0.4 is 0 Å². The minimum Gasteiger partial charge on any atom is -0.304 e. The van der Waals surface area contributed by atoms with Gasteiger partial charge < -0.3 is 5.41 Å². The van der Waals surface area contributed by atoms with E-state index in [9.17, 15) is 0 Å². The van der Waals surface area contributed by atoms with Gasteiger partial charge in [0.1, 0.15) is 0 Å². The van der Waals surface area contributed by atoms with Crippen molar-refractivity contribution in [3.8, 4) is 0 Å². The molecule has 0 saturated heterocycles. The molecule has 0 radical (unpaired) electrons. The highest BCUT2D eigenvalue weighted by molar-refractivity contribution is 6.07. The minimum absolute atomic E-state index is 0.00241. The maximum Gasteiger partial charge on any atom is 0.0470 e. The molecule has 2 atom stereocenters. The molecule has 0 aliphatic heterocycles. The summed E-state index contributed by atoms with van der Waals surface area (Å²) in [7, 11) is 0. The summed E-state index contributed by atoms with van der Waals surface area (Å²) in [4.78, 5) is 0. The first-order valence-corrected chi connectivity index (χ1v) is 5.28. The van der Waals surface area contributed by atoms with Crippen molar-refractivity contribution in [2.24, 2.45) is 5.92 Å². The van der Waals surface area contributed by atoms with E-state index in [-0.39, 0.29) is 11.3 Å². The molecule has 74 valence electrons. The highest BCUT2D eigenvalue weighted by Crippen LogP contribution is 2.46. The van der Waals surface area contributed by atoms with Gasteiger partial charge in [0.15, 0.2) is 0 Å². The summed E-state index contributed by atoms with van der Waals surface area (Å²) in [6, 6.07) is 8.28. The smallest absolute Gasteiger partial charge is 0.0470 e. The Kier molecular flexibility index (Phi) is 1.55. The number of hydrogen-bond acceptors (Lipinski definition) is 1. The molecule has 2 aliphatic carbocycles. The Morgan fingerprint density at radius 2 is 2.00 bits per heavy atom. The van der Waals surface area contributed by atoms with Crippen LogP contribution in [0.25, 0.3) is 0 Å². The van der Waals surface area contributed by atoms with E-state index in [1.54, 1.807) is 0 Å². The number of allylic oxidation sites excluding steroid dienone is 4. The van der Waals surface area contributed by atoms with Crippen LogP contribution in [0.1, 0.15) is 18.1 Å². The molecule has 2 unspecified atom stereocenters. The van der Waals surface area contributed by atoms with Crippen LogP contribution in [0.4, 0.5) is 0 Å². The first-order valence-electron chi connectivity index (χ1n) is 5.28. The minimum atomic E-state index is 0.00241. The van der Waals surface area contributed by atoms with Crippen molar-refractivity contribution in [3.63, 3.8) is 0 Å². The van der Waals surface area contributed by atoms with Crippen LogP contribution in [0.5, 0.6) is 0 Å². The second-order valence-electron chi connectivity index (χ2n) is 4.46. The summed E-state index contributed by atoms with van der Waals surface area (Å²) in [5.41, 5.74) is 3.16. The van der Waals surface area contributed by atoms with Gasteiger partial charge in [-0.2, -0.15) is 0 Å². The number of hydrogen-bond donors (Lipinski definition) is 1. The number of rotatable bonds is 0. The van der Waals surface area contributed by atoms with E-state index in [0.717, 1.165) is 11.3 Å². The van der Waals surface area contributed by atoms with E-state index in [0.29, 0.717) is 0 Å². The van der Waals surface area contributed by atoms with Crippen molar-refractivity contribution in [1.29, 1.82) is 5.41 Å². The van der Waals surface area contributed by atoms with Gasteiger partial charge in [-0.15, -0.1) is 0 Å². The Hall–Kier alpha value is -1.63. The summed E-state index contributed by atoms with van der Waals surface area (Å²) >= 11 is 0. The summed E-state index contributed by atoms with van der Waals surface area (Å²) in [5.74, 6) is 0.222. The Labute approximate surface area is 89.6 Å². The van der Waals surface area contributed by atoms with E-state index in [2.05, 4.69) is 43.4 Å². The zero-order valence-electron chi connectivity index (χ0n) is 8.70. The topological polar surface area (TPSA) is 23.9 Å². The molecule has 1 aromatic rings. The Balaban J connectivity index is 2.30. The maximum atomic E-state index is 8.20. The zero-order chi connectivity index (χ0) is 10.5. The van der Waals surface area contributed by atoms with Gasteiger partial charge in [0.2, 0.25) is 0 Å². The number of benzene rings is 1. The normalized spacial score (nSPS) is 31.5. The van der Waals surface area contributed by atoms with E-state index >= 15 is 0 Å². The molecule has 1 heteroatoms. The van der Waals surface area contributed by atoms with Crippen molar-refractivity contribution in [3.05, 3.63) is 59.7 Å². The standard InChI is InChI=1S/C14H13N/c1-14-9-5-4-8-12(14)13(15)10-6-2-3-7-11(10)14/h2-9,12,15H,1H3. The molecule has 15 heavy (non-hydrogen) atoms. The van der Waals surface area contributed by atoms with Crippen molar-refractivity contribution >= 4 is 5.71 Å². The zero-order valence-corrected chi connectivity index (χ0v) is 8.70. The van der Waals surface area contributed by atoms with E-state index < -0.39 is 0 Å². The molecule has 0 aromatic heterocycles. The third-order valence-electron chi connectivity index (χ3n) is 3.61. The van der Waals surface area contributed by atoms with Crippen LogP contribution in [0.15, 0.2) is 48.6 Å². The molecule has 0 saturated carbocycles. The largest absolute Gasteiger partial charge is 0.304 e. The van der Waals surface area contributed by atoms with Crippen LogP contribution in [-0.4, -0.2) is 5.71 Å². The Morgan fingerprint density at radius 1 is 1.20 bits per heavy atom. The van der Waals surface area contributed by atoms with Gasteiger partial charge in [-0.3, -0.25) is 0 Å². The third kappa shape index (κ3) is 0.953. The Bertz CT molecular complexity index is 496. The van der Waals surface area contributed by atoms with Gasteiger partial charge in [0.05, 0.1) is 0 Å². The van der Waals surface area contributed by atoms with E-state index in [1.165, 1.54) is 5.56 Å². The molecular formula is C14H13N. The van der Waals surface area contributed by atoms with Crippen LogP contribution in [0.3, 0.4) is 0 Å². The predicted molar refractivity (Wildman–Crippen MR) is 62.4 cm³/mol. The average Bonchev–Trinajstić information content (AvgIpc) is 2.50. The molecule has 1 nitrogen and oxygen atoms in total. The lowest BCUT2D eigenvalue weighted by molar-refractivity contribution is 0.542. The number of nitrogens with one attached hydrogen (secondary N) is 1. The van der Waals surface area contributed by atoms with Gasteiger partial charge in [0, 0.05) is 17.0 Å². The fourth-order valence-electron chi connectivity index (χ4n) is 2.74. The molecule has 0 fully saturated rings. The van der Waals surface area contributed by atoms with Crippen molar-refractivity contribution in [2.75, 3.05) is 0 Å². The fraction of sp³-hybridized carbons (Fsp3) is 0.214. The molecule has 0 amide bonds. The summed E-state index contributed by atoms with van der Waals surface area (Å²) in [6.45, 7) is 2.22. The second-order valence-corrected chi connectivity index (χ2v) is 4.46. The van der Waals surface area contributed by atoms with Gasteiger partial charge in [-0.05, 0) is 11.1 Å².